The van der Waals surface area contributed by atoms with Crippen molar-refractivity contribution < 1.29 is 9.47 Å². The molecule has 0 aliphatic carbocycles. The van der Waals surface area contributed by atoms with E-state index in [1.54, 1.807) is 0 Å². The number of hydrogen-bond donors (Lipinski definition) is 0. The summed E-state index contributed by atoms with van der Waals surface area (Å²) >= 11 is 17.6. The Balaban J connectivity index is 2.06. The predicted octanol–water partition coefficient (Wildman–Crippen LogP) is 4.14. The zero-order valence-corrected chi connectivity index (χ0v) is 12.6. The molecule has 0 aromatic heterocycles. The molecule has 1 atom stereocenters. The molecule has 1 aliphatic heterocycles. The van der Waals surface area contributed by atoms with Gasteiger partial charge in [0.05, 0.1) is 6.61 Å². The fraction of sp³-hybridized carbons (Fsp3) is 0.455. The number of benzene rings is 1. The number of rotatable bonds is 3. The molecule has 1 aliphatic rings. The first-order valence-corrected chi connectivity index (χ1v) is 10.6. The SMILES string of the molecule is CC1OCc2cc(CC[Si](Cl)(Cl)Cl)ccc2O1. The summed E-state index contributed by atoms with van der Waals surface area (Å²) in [5, 5.41) is 0. The Morgan fingerprint density at radius 1 is 1.35 bits per heavy atom. The molecule has 0 amide bonds. The molecule has 1 aromatic carbocycles. The van der Waals surface area contributed by atoms with Crippen molar-refractivity contribution in [2.24, 2.45) is 0 Å². The average molecular weight is 312 g/mol. The van der Waals surface area contributed by atoms with E-state index in [0.29, 0.717) is 12.7 Å². The minimum Gasteiger partial charge on any atom is -0.465 e. The van der Waals surface area contributed by atoms with Crippen LogP contribution in [0.5, 0.6) is 5.75 Å². The second-order valence-electron chi connectivity index (χ2n) is 4.05. The van der Waals surface area contributed by atoms with Crippen LogP contribution in [0.1, 0.15) is 18.1 Å². The van der Waals surface area contributed by atoms with E-state index in [1.807, 2.05) is 19.1 Å². The first-order chi connectivity index (χ1) is 7.94. The summed E-state index contributed by atoms with van der Waals surface area (Å²) < 4.78 is 11.0. The second kappa shape index (κ2) is 5.37. The highest BCUT2D eigenvalue weighted by molar-refractivity contribution is 7.64. The van der Waals surface area contributed by atoms with Gasteiger partial charge in [-0.25, -0.2) is 0 Å². The largest absolute Gasteiger partial charge is 0.465 e. The lowest BCUT2D eigenvalue weighted by molar-refractivity contribution is -0.0944. The fourth-order valence-electron chi connectivity index (χ4n) is 1.72. The van der Waals surface area contributed by atoms with Crippen LogP contribution in [0.4, 0.5) is 0 Å². The Labute approximate surface area is 116 Å². The first kappa shape index (κ1) is 13.5. The molecule has 0 saturated carbocycles. The van der Waals surface area contributed by atoms with E-state index >= 15 is 0 Å². The van der Waals surface area contributed by atoms with Crippen molar-refractivity contribution in [2.45, 2.75) is 32.3 Å². The van der Waals surface area contributed by atoms with Crippen LogP contribution in [0.25, 0.3) is 0 Å². The molecule has 6 heteroatoms. The van der Waals surface area contributed by atoms with E-state index in [2.05, 4.69) is 6.07 Å². The Morgan fingerprint density at radius 2 is 2.12 bits per heavy atom. The third-order valence-electron chi connectivity index (χ3n) is 2.59. The van der Waals surface area contributed by atoms with E-state index in [4.69, 9.17) is 42.7 Å². The number of ether oxygens (including phenoxy) is 2. The van der Waals surface area contributed by atoms with Crippen LogP contribution in [0.3, 0.4) is 0 Å². The van der Waals surface area contributed by atoms with Crippen LogP contribution in [-0.2, 0) is 17.8 Å². The van der Waals surface area contributed by atoms with Crippen LogP contribution < -0.4 is 4.74 Å². The normalized spacial score (nSPS) is 19.6. The molecule has 0 spiro atoms. The number of halogens is 3. The van der Waals surface area contributed by atoms with E-state index in [0.717, 1.165) is 23.3 Å². The lowest BCUT2D eigenvalue weighted by Gasteiger charge is -2.24. The van der Waals surface area contributed by atoms with Crippen molar-refractivity contribution >= 4 is 39.2 Å². The third kappa shape index (κ3) is 4.04. The molecular weight excluding hydrogens is 299 g/mol. The Kier molecular flexibility index (Phi) is 4.26. The summed E-state index contributed by atoms with van der Waals surface area (Å²) in [5.74, 6) is 0.888. The van der Waals surface area contributed by atoms with Gasteiger partial charge < -0.3 is 9.47 Å². The van der Waals surface area contributed by atoms with Crippen LogP contribution in [-0.4, -0.2) is 12.3 Å². The monoisotopic (exact) mass is 310 g/mol. The van der Waals surface area contributed by atoms with E-state index < -0.39 is 6.00 Å². The number of fused-ring (bicyclic) bond motifs is 1. The minimum atomic E-state index is -2.53. The maximum absolute atomic E-state index is 5.87. The zero-order chi connectivity index (χ0) is 12.5. The summed E-state index contributed by atoms with van der Waals surface area (Å²) in [6, 6.07) is 4.14. The van der Waals surface area contributed by atoms with Gasteiger partial charge >= 0.3 is 6.00 Å². The molecule has 0 radical (unpaired) electrons. The number of aryl methyl sites for hydroxylation is 1. The molecule has 1 unspecified atom stereocenters. The van der Waals surface area contributed by atoms with Crippen molar-refractivity contribution in [1.29, 1.82) is 0 Å². The van der Waals surface area contributed by atoms with Gasteiger partial charge in [-0.1, -0.05) is 6.07 Å². The molecule has 0 fully saturated rings. The van der Waals surface area contributed by atoms with Gasteiger partial charge in [0.25, 0.3) is 0 Å². The average Bonchev–Trinajstić information content (AvgIpc) is 2.25. The van der Waals surface area contributed by atoms with E-state index in [9.17, 15) is 0 Å². The Hall–Kier alpha value is 0.0669. The molecule has 0 N–H and O–H groups in total. The van der Waals surface area contributed by atoms with Gasteiger partial charge in [-0.2, -0.15) is 0 Å². The van der Waals surface area contributed by atoms with Crippen molar-refractivity contribution in [3.63, 3.8) is 0 Å². The number of hydrogen-bond acceptors (Lipinski definition) is 2. The molecule has 94 valence electrons. The van der Waals surface area contributed by atoms with Crippen molar-refractivity contribution in [3.05, 3.63) is 29.3 Å². The van der Waals surface area contributed by atoms with E-state index in [1.165, 1.54) is 0 Å². The van der Waals surface area contributed by atoms with Crippen molar-refractivity contribution in [2.75, 3.05) is 0 Å². The maximum atomic E-state index is 5.87. The highest BCUT2D eigenvalue weighted by atomic mass is 35.8. The minimum absolute atomic E-state index is 0.179. The topological polar surface area (TPSA) is 18.5 Å². The molecule has 0 bridgehead atoms. The molecule has 2 nitrogen and oxygen atoms in total. The van der Waals surface area contributed by atoms with Crippen LogP contribution >= 0.6 is 33.2 Å². The lowest BCUT2D eigenvalue weighted by atomic mass is 10.1. The quantitative estimate of drug-likeness (QED) is 0.617. The van der Waals surface area contributed by atoms with E-state index in [-0.39, 0.29) is 6.29 Å². The van der Waals surface area contributed by atoms with Crippen molar-refractivity contribution in [1.82, 2.24) is 0 Å². The van der Waals surface area contributed by atoms with Gasteiger partial charge in [0.1, 0.15) is 5.75 Å². The van der Waals surface area contributed by atoms with Gasteiger partial charge in [-0.3, -0.25) is 0 Å². The van der Waals surface area contributed by atoms with Gasteiger partial charge in [0.2, 0.25) is 0 Å². The molecular formula is C11H13Cl3O2Si. The summed E-state index contributed by atoms with van der Waals surface area (Å²) in [6.07, 6.45) is 0.605. The van der Waals surface area contributed by atoms with Crippen molar-refractivity contribution in [3.8, 4) is 5.75 Å². The molecule has 1 aromatic rings. The molecule has 2 rings (SSSR count). The Morgan fingerprint density at radius 3 is 2.82 bits per heavy atom. The first-order valence-electron chi connectivity index (χ1n) is 5.41. The Bertz CT molecular complexity index is 406. The highest BCUT2D eigenvalue weighted by Gasteiger charge is 2.24. The third-order valence-corrected chi connectivity index (χ3v) is 5.11. The van der Waals surface area contributed by atoms with Crippen LogP contribution in [0.15, 0.2) is 18.2 Å². The van der Waals surface area contributed by atoms with Crippen LogP contribution in [0.2, 0.25) is 6.04 Å². The summed E-state index contributed by atoms with van der Waals surface area (Å²) in [4.78, 5) is 0. The standard InChI is InChI=1S/C11H13Cl3O2Si/c1-8-15-7-10-6-9(2-3-11(10)16-8)4-5-17(12,13)14/h2-3,6,8H,4-5,7H2,1H3. The maximum Gasteiger partial charge on any atom is 0.341 e. The zero-order valence-electron chi connectivity index (χ0n) is 9.38. The van der Waals surface area contributed by atoms with Gasteiger partial charge in [-0.05, 0) is 37.1 Å². The summed E-state index contributed by atoms with van der Waals surface area (Å²) in [6.45, 7) is 2.46. The van der Waals surface area contributed by atoms with Gasteiger partial charge in [0, 0.05) is 5.56 Å². The highest BCUT2D eigenvalue weighted by Crippen LogP contribution is 2.30. The van der Waals surface area contributed by atoms with Gasteiger partial charge in [0.15, 0.2) is 6.29 Å². The summed E-state index contributed by atoms with van der Waals surface area (Å²) in [7, 11) is 0. The molecule has 17 heavy (non-hydrogen) atoms. The lowest BCUT2D eigenvalue weighted by Crippen LogP contribution is -2.21. The molecule has 1 heterocycles. The summed E-state index contributed by atoms with van der Waals surface area (Å²) in [5.41, 5.74) is 2.22. The molecule has 0 saturated heterocycles. The smallest absolute Gasteiger partial charge is 0.341 e. The van der Waals surface area contributed by atoms with Gasteiger partial charge in [-0.15, -0.1) is 33.2 Å². The predicted molar refractivity (Wildman–Crippen MR) is 73.1 cm³/mol. The van der Waals surface area contributed by atoms with Crippen LogP contribution in [0, 0.1) is 0 Å². The fourth-order valence-corrected chi connectivity index (χ4v) is 3.14. The second-order valence-corrected chi connectivity index (χ2v) is 13.3.